The second-order valence-electron chi connectivity index (χ2n) is 3.84. The molecule has 0 amide bonds. The molecule has 0 aliphatic carbocycles. The van der Waals surface area contributed by atoms with Gasteiger partial charge in [-0.3, -0.25) is 4.99 Å². The smallest absolute Gasteiger partial charge is 0.156 e. The van der Waals surface area contributed by atoms with Crippen LogP contribution in [0.2, 0.25) is 0 Å². The Morgan fingerprint density at radius 3 is 3.14 bits per heavy atom. The van der Waals surface area contributed by atoms with Gasteiger partial charge in [0.15, 0.2) is 5.17 Å². The van der Waals surface area contributed by atoms with E-state index in [4.69, 9.17) is 0 Å². The van der Waals surface area contributed by atoms with Crippen LogP contribution in [0.25, 0.3) is 0 Å². The Morgan fingerprint density at radius 2 is 2.50 bits per heavy atom. The van der Waals surface area contributed by atoms with E-state index >= 15 is 0 Å². The summed E-state index contributed by atoms with van der Waals surface area (Å²) in [7, 11) is 0. The first-order chi connectivity index (χ1) is 6.88. The molecule has 0 bridgehead atoms. The molecule has 0 aromatic heterocycles. The number of thioether (sulfide) groups is 2. The first-order valence-electron chi connectivity index (χ1n) is 5.44. The average molecular weight is 230 g/mol. The molecule has 2 nitrogen and oxygen atoms in total. The summed E-state index contributed by atoms with van der Waals surface area (Å²) in [6.07, 6.45) is 3.96. The molecule has 0 saturated carbocycles. The van der Waals surface area contributed by atoms with E-state index in [2.05, 4.69) is 29.0 Å². The van der Waals surface area contributed by atoms with Crippen LogP contribution in [-0.2, 0) is 0 Å². The molecule has 2 fully saturated rings. The van der Waals surface area contributed by atoms with Crippen molar-refractivity contribution in [2.45, 2.75) is 37.5 Å². The average Bonchev–Trinajstić information content (AvgIpc) is 2.86. The summed E-state index contributed by atoms with van der Waals surface area (Å²) in [5, 5.41) is 5.45. The van der Waals surface area contributed by atoms with Crippen LogP contribution in [-0.4, -0.2) is 34.5 Å². The lowest BCUT2D eigenvalue weighted by Gasteiger charge is -2.06. The van der Waals surface area contributed by atoms with Crippen LogP contribution >= 0.6 is 23.5 Å². The van der Waals surface area contributed by atoms with E-state index in [1.807, 2.05) is 11.8 Å². The number of aliphatic imine (C=N–C) groups is 1. The van der Waals surface area contributed by atoms with Crippen molar-refractivity contribution in [2.24, 2.45) is 4.99 Å². The number of rotatable bonds is 3. The van der Waals surface area contributed by atoms with Crippen LogP contribution in [0.15, 0.2) is 4.99 Å². The minimum Gasteiger partial charge on any atom is -0.361 e. The van der Waals surface area contributed by atoms with Crippen LogP contribution in [0.5, 0.6) is 0 Å². The lowest BCUT2D eigenvalue weighted by atomic mass is 10.2. The fraction of sp³-hybridized carbons (Fsp3) is 0.900. The van der Waals surface area contributed by atoms with Gasteiger partial charge in [0.05, 0.1) is 6.54 Å². The maximum atomic E-state index is 4.65. The number of amidine groups is 1. The van der Waals surface area contributed by atoms with Crippen molar-refractivity contribution in [1.82, 2.24) is 5.32 Å². The van der Waals surface area contributed by atoms with Gasteiger partial charge in [-0.25, -0.2) is 0 Å². The lowest BCUT2D eigenvalue weighted by Crippen LogP contribution is -2.26. The molecule has 4 heteroatoms. The second kappa shape index (κ2) is 5.31. The number of hydrogen-bond acceptors (Lipinski definition) is 3. The molecule has 80 valence electrons. The summed E-state index contributed by atoms with van der Waals surface area (Å²) in [5.74, 6) is 2.54. The fourth-order valence-corrected chi connectivity index (χ4v) is 4.00. The lowest BCUT2D eigenvalue weighted by molar-refractivity contribution is 0.666. The van der Waals surface area contributed by atoms with Crippen LogP contribution in [0.4, 0.5) is 0 Å². The molecule has 2 unspecified atom stereocenters. The van der Waals surface area contributed by atoms with Gasteiger partial charge < -0.3 is 5.32 Å². The van der Waals surface area contributed by atoms with Gasteiger partial charge in [0.2, 0.25) is 0 Å². The molecule has 0 spiro atoms. The van der Waals surface area contributed by atoms with E-state index in [0.29, 0.717) is 6.04 Å². The molecule has 1 N–H and O–H groups in total. The highest BCUT2D eigenvalue weighted by Crippen LogP contribution is 2.26. The molecule has 2 atom stereocenters. The van der Waals surface area contributed by atoms with Crippen molar-refractivity contribution in [3.8, 4) is 0 Å². The fourth-order valence-electron chi connectivity index (χ4n) is 1.72. The molecule has 0 aromatic carbocycles. The van der Waals surface area contributed by atoms with Gasteiger partial charge in [-0.1, -0.05) is 18.7 Å². The molecule has 14 heavy (non-hydrogen) atoms. The van der Waals surface area contributed by atoms with Crippen molar-refractivity contribution in [3.05, 3.63) is 0 Å². The standard InChI is InChI=1S/C10H18N2S2/c1-2-8-7-14-10(12-8)11-6-9-4-3-5-13-9/h8-9H,2-7H2,1H3,(H,11,12). The predicted molar refractivity (Wildman–Crippen MR) is 67.5 cm³/mol. The summed E-state index contributed by atoms with van der Waals surface area (Å²) in [4.78, 5) is 4.65. The van der Waals surface area contributed by atoms with Gasteiger partial charge in [0.1, 0.15) is 0 Å². The molecule has 0 radical (unpaired) electrons. The summed E-state index contributed by atoms with van der Waals surface area (Å²) in [6.45, 7) is 3.25. The second-order valence-corrected chi connectivity index (χ2v) is 6.26. The van der Waals surface area contributed by atoms with Crippen molar-refractivity contribution in [2.75, 3.05) is 18.1 Å². The Hall–Kier alpha value is 0.170. The zero-order valence-corrected chi connectivity index (χ0v) is 10.3. The molecule has 2 saturated heterocycles. The highest BCUT2D eigenvalue weighted by Gasteiger charge is 2.19. The van der Waals surface area contributed by atoms with Gasteiger partial charge in [0, 0.05) is 17.0 Å². The first-order valence-corrected chi connectivity index (χ1v) is 7.47. The normalized spacial score (nSPS) is 35.1. The summed E-state index contributed by atoms with van der Waals surface area (Å²) in [5.41, 5.74) is 0. The van der Waals surface area contributed by atoms with Crippen molar-refractivity contribution >= 4 is 28.7 Å². The maximum Gasteiger partial charge on any atom is 0.156 e. The molecular formula is C10H18N2S2. The largest absolute Gasteiger partial charge is 0.361 e. The van der Waals surface area contributed by atoms with E-state index in [1.165, 1.54) is 35.9 Å². The van der Waals surface area contributed by atoms with Crippen molar-refractivity contribution in [1.29, 1.82) is 0 Å². The van der Waals surface area contributed by atoms with Gasteiger partial charge >= 0.3 is 0 Å². The van der Waals surface area contributed by atoms with Crippen LogP contribution in [0.1, 0.15) is 26.2 Å². The molecule has 2 aliphatic heterocycles. The third-order valence-corrected chi connectivity index (χ3v) is 5.17. The minimum absolute atomic E-state index is 0.662. The molecule has 0 aromatic rings. The van der Waals surface area contributed by atoms with E-state index in [1.54, 1.807) is 0 Å². The Bertz CT molecular complexity index is 212. The molecule has 2 heterocycles. The maximum absolute atomic E-state index is 4.65. The third-order valence-electron chi connectivity index (χ3n) is 2.70. The van der Waals surface area contributed by atoms with Crippen molar-refractivity contribution in [3.63, 3.8) is 0 Å². The topological polar surface area (TPSA) is 24.4 Å². The van der Waals surface area contributed by atoms with E-state index in [0.717, 1.165) is 11.8 Å². The van der Waals surface area contributed by atoms with Gasteiger partial charge in [-0.2, -0.15) is 11.8 Å². The zero-order valence-electron chi connectivity index (χ0n) is 8.66. The van der Waals surface area contributed by atoms with Gasteiger partial charge in [-0.15, -0.1) is 0 Å². The quantitative estimate of drug-likeness (QED) is 0.805. The number of hydrogen-bond donors (Lipinski definition) is 1. The van der Waals surface area contributed by atoms with E-state index in [9.17, 15) is 0 Å². The van der Waals surface area contributed by atoms with Crippen LogP contribution in [0, 0.1) is 0 Å². The predicted octanol–water partition coefficient (Wildman–Crippen LogP) is 2.35. The Kier molecular flexibility index (Phi) is 4.05. The monoisotopic (exact) mass is 230 g/mol. The molecule has 2 rings (SSSR count). The van der Waals surface area contributed by atoms with Crippen molar-refractivity contribution < 1.29 is 0 Å². The van der Waals surface area contributed by atoms with E-state index in [-0.39, 0.29) is 0 Å². The first kappa shape index (κ1) is 10.7. The van der Waals surface area contributed by atoms with Crippen LogP contribution < -0.4 is 5.32 Å². The Morgan fingerprint density at radius 1 is 1.57 bits per heavy atom. The summed E-state index contributed by atoms with van der Waals surface area (Å²) >= 11 is 3.98. The number of nitrogens with zero attached hydrogens (tertiary/aromatic N) is 1. The van der Waals surface area contributed by atoms with Gasteiger partial charge in [0.25, 0.3) is 0 Å². The summed E-state index contributed by atoms with van der Waals surface area (Å²) in [6, 6.07) is 0.662. The molecule has 2 aliphatic rings. The highest BCUT2D eigenvalue weighted by atomic mass is 32.2. The zero-order chi connectivity index (χ0) is 9.80. The van der Waals surface area contributed by atoms with E-state index < -0.39 is 0 Å². The Balaban J connectivity index is 1.75. The summed E-state index contributed by atoms with van der Waals surface area (Å²) < 4.78 is 0. The Labute approximate surface area is 94.7 Å². The minimum atomic E-state index is 0.662. The van der Waals surface area contributed by atoms with Crippen LogP contribution in [0.3, 0.4) is 0 Å². The number of nitrogens with one attached hydrogen (secondary N) is 1. The molecular weight excluding hydrogens is 212 g/mol. The SMILES string of the molecule is CCC1CSC(=NCC2CCCS2)N1. The third kappa shape index (κ3) is 2.83. The highest BCUT2D eigenvalue weighted by molar-refractivity contribution is 8.14. The van der Waals surface area contributed by atoms with Gasteiger partial charge in [-0.05, 0) is 25.0 Å².